The number of benzene rings is 3. The number of hydrogen-bond donors (Lipinski definition) is 0. The molecule has 0 amide bonds. The highest BCUT2D eigenvalue weighted by atomic mass is 127. The van der Waals surface area contributed by atoms with Gasteiger partial charge in [-0.05, 0) is 129 Å². The van der Waals surface area contributed by atoms with Gasteiger partial charge in [0.25, 0.3) is 0 Å². The van der Waals surface area contributed by atoms with Crippen LogP contribution in [0.1, 0.15) is 102 Å². The lowest BCUT2D eigenvalue weighted by Gasteiger charge is -2.18. The van der Waals surface area contributed by atoms with Crippen LogP contribution < -0.4 is 0 Å². The fraction of sp³-hybridized carbons (Fsp3) is 0.471. The number of aryl methyl sites for hydroxylation is 2. The molecule has 3 aromatic carbocycles. The second kappa shape index (κ2) is 16.9. The van der Waals surface area contributed by atoms with Crippen molar-refractivity contribution in [3.8, 4) is 22.3 Å². The largest absolute Gasteiger partial charge is 0.0654 e. The second-order valence-corrected chi connectivity index (χ2v) is 12.7. The first-order chi connectivity index (χ1) is 17.6. The third-order valence-electron chi connectivity index (χ3n) is 7.25. The van der Waals surface area contributed by atoms with E-state index in [1.165, 1.54) is 119 Å². The Labute approximate surface area is 248 Å². The third-order valence-corrected chi connectivity index (χ3v) is 8.69. The molecule has 0 spiro atoms. The first-order valence-corrected chi connectivity index (χ1v) is 16.5. The zero-order chi connectivity index (χ0) is 25.6. The van der Waals surface area contributed by atoms with Crippen molar-refractivity contribution in [1.82, 2.24) is 0 Å². The molecule has 36 heavy (non-hydrogen) atoms. The van der Waals surface area contributed by atoms with Crippen LogP contribution in [0.15, 0.2) is 60.7 Å². The maximum Gasteiger partial charge on any atom is 0.0130 e. The molecule has 0 nitrogen and oxygen atoms in total. The van der Waals surface area contributed by atoms with Crippen molar-refractivity contribution in [2.24, 2.45) is 0 Å². The van der Waals surface area contributed by atoms with Crippen LogP contribution in [0.2, 0.25) is 0 Å². The Hall–Kier alpha value is -0.880. The summed E-state index contributed by atoms with van der Waals surface area (Å²) in [6.45, 7) is 4.60. The quantitative estimate of drug-likeness (QED) is 0.103. The molecule has 0 heterocycles. The zero-order valence-corrected chi connectivity index (χ0v) is 26.7. The minimum absolute atomic E-state index is 1.21. The SMILES string of the molecule is CCCCCCCCc1cc(-c2ccc(I)cc2)c(-c2ccc(I)cc2)cc1CCCCCCCC. The molecule has 3 aromatic rings. The Bertz CT molecular complexity index is 934. The highest BCUT2D eigenvalue weighted by molar-refractivity contribution is 14.1. The molecule has 0 radical (unpaired) electrons. The van der Waals surface area contributed by atoms with Gasteiger partial charge in [-0.15, -0.1) is 0 Å². The van der Waals surface area contributed by atoms with Crippen molar-refractivity contribution in [3.05, 3.63) is 78.9 Å². The van der Waals surface area contributed by atoms with Gasteiger partial charge in [0.05, 0.1) is 0 Å². The number of rotatable bonds is 16. The average Bonchev–Trinajstić information content (AvgIpc) is 2.89. The van der Waals surface area contributed by atoms with E-state index in [1.807, 2.05) is 0 Å². The summed E-state index contributed by atoms with van der Waals surface area (Å²) in [6.07, 6.45) is 18.7. The Morgan fingerprint density at radius 1 is 0.444 bits per heavy atom. The summed E-state index contributed by atoms with van der Waals surface area (Å²) in [7, 11) is 0. The Kier molecular flexibility index (Phi) is 13.9. The standard InChI is InChI=1S/C34H44I2/c1-3-5-7-9-11-13-15-29-25-33(27-17-21-31(35)22-18-27)34(28-19-23-32(36)24-20-28)26-30(29)16-14-12-10-8-6-4-2/h17-26H,3-16H2,1-2H3. The smallest absolute Gasteiger partial charge is 0.0130 e. The van der Waals surface area contributed by atoms with Gasteiger partial charge >= 0.3 is 0 Å². The maximum atomic E-state index is 2.55. The van der Waals surface area contributed by atoms with E-state index in [2.05, 4.69) is 120 Å². The predicted molar refractivity (Wildman–Crippen MR) is 177 cm³/mol. The maximum absolute atomic E-state index is 2.55. The van der Waals surface area contributed by atoms with Gasteiger partial charge in [0, 0.05) is 7.14 Å². The van der Waals surface area contributed by atoms with E-state index >= 15 is 0 Å². The van der Waals surface area contributed by atoms with Crippen LogP contribution in [0.3, 0.4) is 0 Å². The second-order valence-electron chi connectivity index (χ2n) is 10.2. The van der Waals surface area contributed by atoms with Gasteiger partial charge in [0.15, 0.2) is 0 Å². The fourth-order valence-electron chi connectivity index (χ4n) is 5.08. The van der Waals surface area contributed by atoms with Crippen LogP contribution in [-0.4, -0.2) is 0 Å². The Morgan fingerprint density at radius 2 is 0.778 bits per heavy atom. The van der Waals surface area contributed by atoms with Crippen molar-refractivity contribution >= 4 is 45.2 Å². The lowest BCUT2D eigenvalue weighted by molar-refractivity contribution is 0.599. The van der Waals surface area contributed by atoms with Crippen LogP contribution in [0.25, 0.3) is 22.3 Å². The van der Waals surface area contributed by atoms with Gasteiger partial charge in [-0.1, -0.05) is 114 Å². The van der Waals surface area contributed by atoms with E-state index in [9.17, 15) is 0 Å². The molecule has 0 aromatic heterocycles. The van der Waals surface area contributed by atoms with E-state index in [4.69, 9.17) is 0 Å². The number of unbranched alkanes of at least 4 members (excludes halogenated alkanes) is 10. The fourth-order valence-corrected chi connectivity index (χ4v) is 5.80. The average molecular weight is 707 g/mol. The topological polar surface area (TPSA) is 0 Å². The van der Waals surface area contributed by atoms with Crippen molar-refractivity contribution in [3.63, 3.8) is 0 Å². The zero-order valence-electron chi connectivity index (χ0n) is 22.4. The summed E-state index contributed by atoms with van der Waals surface area (Å²) in [4.78, 5) is 0. The van der Waals surface area contributed by atoms with E-state index in [0.717, 1.165) is 0 Å². The molecule has 2 heteroatoms. The molecule has 0 aliphatic rings. The van der Waals surface area contributed by atoms with Gasteiger partial charge in [0.1, 0.15) is 0 Å². The molecule has 0 saturated carbocycles. The Balaban J connectivity index is 1.91. The van der Waals surface area contributed by atoms with E-state index < -0.39 is 0 Å². The van der Waals surface area contributed by atoms with E-state index in [1.54, 1.807) is 11.1 Å². The molecule has 0 aliphatic heterocycles. The Morgan fingerprint density at radius 3 is 1.14 bits per heavy atom. The van der Waals surface area contributed by atoms with Crippen molar-refractivity contribution < 1.29 is 0 Å². The van der Waals surface area contributed by atoms with Gasteiger partial charge in [-0.3, -0.25) is 0 Å². The molecule has 0 N–H and O–H groups in total. The summed E-state index contributed by atoms with van der Waals surface area (Å²) in [5.74, 6) is 0. The van der Waals surface area contributed by atoms with Crippen LogP contribution in [0.4, 0.5) is 0 Å². The summed E-state index contributed by atoms with van der Waals surface area (Å²) in [5, 5.41) is 0. The van der Waals surface area contributed by atoms with Gasteiger partial charge < -0.3 is 0 Å². The van der Waals surface area contributed by atoms with Crippen molar-refractivity contribution in [1.29, 1.82) is 0 Å². The normalized spacial score (nSPS) is 11.2. The van der Waals surface area contributed by atoms with E-state index in [0.29, 0.717) is 0 Å². The van der Waals surface area contributed by atoms with Crippen LogP contribution in [0.5, 0.6) is 0 Å². The number of hydrogen-bond acceptors (Lipinski definition) is 0. The molecule has 0 unspecified atom stereocenters. The molecule has 0 fully saturated rings. The molecule has 0 bridgehead atoms. The van der Waals surface area contributed by atoms with Crippen molar-refractivity contribution in [2.45, 2.75) is 104 Å². The highest BCUT2D eigenvalue weighted by Crippen LogP contribution is 2.36. The lowest BCUT2D eigenvalue weighted by Crippen LogP contribution is -1.99. The van der Waals surface area contributed by atoms with Crippen LogP contribution in [-0.2, 0) is 12.8 Å². The summed E-state index contributed by atoms with van der Waals surface area (Å²) >= 11 is 4.82. The molecule has 0 saturated heterocycles. The van der Waals surface area contributed by atoms with Gasteiger partial charge in [-0.25, -0.2) is 0 Å². The van der Waals surface area contributed by atoms with Crippen LogP contribution in [0, 0.1) is 7.14 Å². The molecule has 3 rings (SSSR count). The number of halogens is 2. The highest BCUT2D eigenvalue weighted by Gasteiger charge is 2.14. The molecule has 0 aliphatic carbocycles. The minimum atomic E-state index is 1.21. The predicted octanol–water partition coefficient (Wildman–Crippen LogP) is 12.0. The molecular formula is C34H44I2. The summed E-state index contributed by atoms with van der Waals surface area (Å²) in [6, 6.07) is 23.3. The molecule has 0 atom stereocenters. The van der Waals surface area contributed by atoms with E-state index in [-0.39, 0.29) is 0 Å². The van der Waals surface area contributed by atoms with Crippen LogP contribution >= 0.6 is 45.2 Å². The van der Waals surface area contributed by atoms with Gasteiger partial charge in [-0.2, -0.15) is 0 Å². The first kappa shape index (κ1) is 29.7. The molecular weight excluding hydrogens is 662 g/mol. The summed E-state index contributed by atoms with van der Waals surface area (Å²) < 4.78 is 2.58. The lowest BCUT2D eigenvalue weighted by atomic mass is 9.87. The van der Waals surface area contributed by atoms with Gasteiger partial charge in [0.2, 0.25) is 0 Å². The first-order valence-electron chi connectivity index (χ1n) is 14.3. The summed E-state index contributed by atoms with van der Waals surface area (Å²) in [5.41, 5.74) is 8.61. The monoisotopic (exact) mass is 706 g/mol. The van der Waals surface area contributed by atoms with Crippen molar-refractivity contribution in [2.75, 3.05) is 0 Å². The minimum Gasteiger partial charge on any atom is -0.0654 e. The molecule has 194 valence electrons. The third kappa shape index (κ3) is 9.78.